The van der Waals surface area contributed by atoms with Gasteiger partial charge in [-0.25, -0.2) is 0 Å². The highest BCUT2D eigenvalue weighted by Gasteiger charge is 2.10. The first kappa shape index (κ1) is 13.8. The molecule has 2 aromatic rings. The van der Waals surface area contributed by atoms with Gasteiger partial charge in [0, 0.05) is 23.6 Å². The fourth-order valence-electron chi connectivity index (χ4n) is 1.77. The molecule has 1 heterocycles. The van der Waals surface area contributed by atoms with Crippen molar-refractivity contribution in [2.24, 2.45) is 0 Å². The SMILES string of the molecule is CCc1ccsc1CNc1ccc([N+](=O)[O-])cc1Cl. The number of non-ortho nitro benzene ring substituents is 1. The van der Waals surface area contributed by atoms with Crippen LogP contribution in [0.4, 0.5) is 11.4 Å². The summed E-state index contributed by atoms with van der Waals surface area (Å²) in [5.41, 5.74) is 2.03. The number of nitro groups is 1. The molecule has 100 valence electrons. The number of rotatable bonds is 5. The van der Waals surface area contributed by atoms with Gasteiger partial charge in [-0.15, -0.1) is 11.3 Å². The number of hydrogen-bond donors (Lipinski definition) is 1. The summed E-state index contributed by atoms with van der Waals surface area (Å²) in [5, 5.41) is 16.3. The van der Waals surface area contributed by atoms with Crippen LogP contribution in [0.5, 0.6) is 0 Å². The number of nitrogens with zero attached hydrogens (tertiary/aromatic N) is 1. The first-order valence-corrected chi connectivity index (χ1v) is 7.10. The van der Waals surface area contributed by atoms with E-state index in [-0.39, 0.29) is 5.69 Å². The van der Waals surface area contributed by atoms with E-state index < -0.39 is 4.92 Å². The quantitative estimate of drug-likeness (QED) is 0.653. The predicted octanol–water partition coefficient (Wildman–Crippen LogP) is 4.48. The molecule has 0 amide bonds. The summed E-state index contributed by atoms with van der Waals surface area (Å²) < 4.78 is 0. The van der Waals surface area contributed by atoms with Crippen LogP contribution in [0.3, 0.4) is 0 Å². The molecule has 19 heavy (non-hydrogen) atoms. The third-order valence-electron chi connectivity index (χ3n) is 2.82. The molecule has 1 N–H and O–H groups in total. The van der Waals surface area contributed by atoms with Gasteiger partial charge < -0.3 is 5.32 Å². The molecule has 0 unspecified atom stereocenters. The second-order valence-corrected chi connectivity index (χ2v) is 5.41. The second kappa shape index (κ2) is 6.04. The minimum Gasteiger partial charge on any atom is -0.379 e. The molecule has 0 saturated heterocycles. The minimum absolute atomic E-state index is 0.000853. The Balaban J connectivity index is 2.10. The van der Waals surface area contributed by atoms with Crippen LogP contribution in [0.2, 0.25) is 5.02 Å². The number of nitrogens with one attached hydrogen (secondary N) is 1. The summed E-state index contributed by atoms with van der Waals surface area (Å²) in [6.45, 7) is 2.79. The summed E-state index contributed by atoms with van der Waals surface area (Å²) in [6.07, 6.45) is 0.995. The summed E-state index contributed by atoms with van der Waals surface area (Å²) in [6, 6.07) is 6.56. The van der Waals surface area contributed by atoms with Crippen molar-refractivity contribution in [1.29, 1.82) is 0 Å². The van der Waals surface area contributed by atoms with E-state index in [1.165, 1.54) is 22.6 Å². The number of anilines is 1. The molecule has 4 nitrogen and oxygen atoms in total. The zero-order chi connectivity index (χ0) is 13.8. The number of hydrogen-bond acceptors (Lipinski definition) is 4. The van der Waals surface area contributed by atoms with E-state index in [0.717, 1.165) is 6.42 Å². The molecule has 0 aliphatic rings. The molecule has 1 aromatic heterocycles. The number of benzene rings is 1. The van der Waals surface area contributed by atoms with Crippen molar-refractivity contribution in [2.45, 2.75) is 19.9 Å². The van der Waals surface area contributed by atoms with Crippen LogP contribution in [-0.2, 0) is 13.0 Å². The third kappa shape index (κ3) is 3.24. The fourth-order valence-corrected chi connectivity index (χ4v) is 2.93. The average Bonchev–Trinajstić information content (AvgIpc) is 2.84. The van der Waals surface area contributed by atoms with E-state index in [4.69, 9.17) is 11.6 Å². The largest absolute Gasteiger partial charge is 0.379 e. The minimum atomic E-state index is -0.454. The van der Waals surface area contributed by atoms with Gasteiger partial charge in [-0.3, -0.25) is 10.1 Å². The smallest absolute Gasteiger partial charge is 0.271 e. The Morgan fingerprint density at radius 2 is 2.21 bits per heavy atom. The standard InChI is InChI=1S/C13H13ClN2O2S/c1-2-9-5-6-19-13(9)8-15-12-4-3-10(16(17)18)7-11(12)14/h3-7,15H,2,8H2,1H3. The van der Waals surface area contributed by atoms with Gasteiger partial charge in [-0.1, -0.05) is 18.5 Å². The van der Waals surface area contributed by atoms with Crippen molar-refractivity contribution in [1.82, 2.24) is 0 Å². The first-order chi connectivity index (χ1) is 9.11. The normalized spacial score (nSPS) is 10.4. The van der Waals surface area contributed by atoms with Crippen LogP contribution >= 0.6 is 22.9 Å². The van der Waals surface area contributed by atoms with Gasteiger partial charge in [0.2, 0.25) is 0 Å². The first-order valence-electron chi connectivity index (χ1n) is 5.85. The second-order valence-electron chi connectivity index (χ2n) is 4.00. The van der Waals surface area contributed by atoms with E-state index in [0.29, 0.717) is 17.3 Å². The van der Waals surface area contributed by atoms with E-state index >= 15 is 0 Å². The molecule has 0 atom stereocenters. The van der Waals surface area contributed by atoms with Gasteiger partial charge >= 0.3 is 0 Å². The van der Waals surface area contributed by atoms with Crippen molar-refractivity contribution in [3.8, 4) is 0 Å². The van der Waals surface area contributed by atoms with E-state index in [1.54, 1.807) is 17.4 Å². The van der Waals surface area contributed by atoms with Gasteiger partial charge in [-0.2, -0.15) is 0 Å². The molecule has 0 spiro atoms. The Bertz CT molecular complexity index is 598. The van der Waals surface area contributed by atoms with Gasteiger partial charge in [0.1, 0.15) is 0 Å². The number of halogens is 1. The van der Waals surface area contributed by atoms with Crippen LogP contribution in [0, 0.1) is 10.1 Å². The van der Waals surface area contributed by atoms with Crippen molar-refractivity contribution in [2.75, 3.05) is 5.32 Å². The third-order valence-corrected chi connectivity index (χ3v) is 4.10. The molecule has 1 aromatic carbocycles. The molecule has 0 bridgehead atoms. The molecule has 0 radical (unpaired) electrons. The van der Waals surface area contributed by atoms with Crippen LogP contribution in [0.15, 0.2) is 29.6 Å². The van der Waals surface area contributed by atoms with E-state index in [2.05, 4.69) is 23.7 Å². The summed E-state index contributed by atoms with van der Waals surface area (Å²) >= 11 is 7.72. The van der Waals surface area contributed by atoms with Gasteiger partial charge in [0.15, 0.2) is 0 Å². The van der Waals surface area contributed by atoms with Crippen molar-refractivity contribution < 1.29 is 4.92 Å². The molecule has 0 fully saturated rings. The number of thiophene rings is 1. The maximum atomic E-state index is 10.6. The van der Waals surface area contributed by atoms with Crippen LogP contribution < -0.4 is 5.32 Å². The fraction of sp³-hybridized carbons (Fsp3) is 0.231. The Labute approximate surface area is 120 Å². The maximum Gasteiger partial charge on any atom is 0.271 e. The topological polar surface area (TPSA) is 55.2 Å². The Morgan fingerprint density at radius 1 is 1.42 bits per heavy atom. The Morgan fingerprint density at radius 3 is 2.84 bits per heavy atom. The lowest BCUT2D eigenvalue weighted by molar-refractivity contribution is -0.384. The average molecular weight is 297 g/mol. The summed E-state index contributed by atoms with van der Waals surface area (Å²) in [5.74, 6) is 0. The van der Waals surface area contributed by atoms with E-state index in [1.807, 2.05) is 0 Å². The molecule has 0 saturated carbocycles. The zero-order valence-electron chi connectivity index (χ0n) is 10.4. The molecule has 6 heteroatoms. The molecular formula is C13H13ClN2O2S. The highest BCUT2D eigenvalue weighted by Crippen LogP contribution is 2.28. The van der Waals surface area contributed by atoms with Crippen molar-refractivity contribution in [3.05, 3.63) is 55.2 Å². The molecule has 0 aliphatic heterocycles. The van der Waals surface area contributed by atoms with Crippen molar-refractivity contribution in [3.63, 3.8) is 0 Å². The van der Waals surface area contributed by atoms with E-state index in [9.17, 15) is 10.1 Å². The predicted molar refractivity (Wildman–Crippen MR) is 79.1 cm³/mol. The number of nitro benzene ring substituents is 1. The van der Waals surface area contributed by atoms with Gasteiger partial charge in [-0.05, 0) is 29.5 Å². The maximum absolute atomic E-state index is 10.6. The van der Waals surface area contributed by atoms with Crippen LogP contribution in [0.25, 0.3) is 0 Å². The summed E-state index contributed by atoms with van der Waals surface area (Å²) in [7, 11) is 0. The number of aryl methyl sites for hydroxylation is 1. The zero-order valence-corrected chi connectivity index (χ0v) is 11.9. The van der Waals surface area contributed by atoms with Gasteiger partial charge in [0.25, 0.3) is 5.69 Å². The Kier molecular flexibility index (Phi) is 4.39. The molecule has 2 rings (SSSR count). The summed E-state index contributed by atoms with van der Waals surface area (Å²) in [4.78, 5) is 11.4. The highest BCUT2D eigenvalue weighted by molar-refractivity contribution is 7.10. The molecular weight excluding hydrogens is 284 g/mol. The van der Waals surface area contributed by atoms with Crippen LogP contribution in [-0.4, -0.2) is 4.92 Å². The monoisotopic (exact) mass is 296 g/mol. The Hall–Kier alpha value is -1.59. The highest BCUT2D eigenvalue weighted by atomic mass is 35.5. The van der Waals surface area contributed by atoms with Crippen LogP contribution in [0.1, 0.15) is 17.4 Å². The van der Waals surface area contributed by atoms with Gasteiger partial charge in [0.05, 0.1) is 15.6 Å². The lowest BCUT2D eigenvalue weighted by atomic mass is 10.2. The molecule has 0 aliphatic carbocycles. The lowest BCUT2D eigenvalue weighted by Gasteiger charge is -2.08. The van der Waals surface area contributed by atoms with Crippen molar-refractivity contribution >= 4 is 34.3 Å². The lowest BCUT2D eigenvalue weighted by Crippen LogP contribution is -2.00.